The third kappa shape index (κ3) is 4.81. The van der Waals surface area contributed by atoms with Crippen molar-refractivity contribution in [2.75, 3.05) is 0 Å². The van der Waals surface area contributed by atoms with E-state index in [4.69, 9.17) is 4.98 Å². The fourth-order valence-electron chi connectivity index (χ4n) is 9.45. The van der Waals surface area contributed by atoms with E-state index in [2.05, 4.69) is 211 Å². The lowest BCUT2D eigenvalue weighted by Crippen LogP contribution is -1.99. The highest BCUT2D eigenvalue weighted by Gasteiger charge is 2.19. The summed E-state index contributed by atoms with van der Waals surface area (Å²) < 4.78 is 2.32. The number of nitrogens with zero attached hydrogens (tertiary/aromatic N) is 2. The Labute approximate surface area is 329 Å². The van der Waals surface area contributed by atoms with Crippen LogP contribution in [0.3, 0.4) is 0 Å². The molecule has 0 spiro atoms. The summed E-state index contributed by atoms with van der Waals surface area (Å²) in [4.78, 5) is 5.13. The molecule has 0 N–H and O–H groups in total. The first-order chi connectivity index (χ1) is 28.3. The number of hydrogen-bond donors (Lipinski definition) is 0. The summed E-state index contributed by atoms with van der Waals surface area (Å²) in [6.45, 7) is 0. The molecule has 57 heavy (non-hydrogen) atoms. The van der Waals surface area contributed by atoms with Gasteiger partial charge in [0.2, 0.25) is 0 Å². The van der Waals surface area contributed by atoms with Gasteiger partial charge in [0.25, 0.3) is 0 Å². The van der Waals surface area contributed by atoms with E-state index >= 15 is 0 Å². The number of imidazole rings is 1. The van der Waals surface area contributed by atoms with Crippen LogP contribution in [-0.2, 0) is 0 Å². The van der Waals surface area contributed by atoms with Gasteiger partial charge in [0.15, 0.2) is 0 Å². The molecule has 12 aromatic rings. The van der Waals surface area contributed by atoms with Crippen LogP contribution in [0.5, 0.6) is 0 Å². The Hall–Kier alpha value is -7.55. The average Bonchev–Trinajstić information content (AvgIpc) is 3.67. The van der Waals surface area contributed by atoms with Gasteiger partial charge in [-0.1, -0.05) is 182 Å². The zero-order chi connectivity index (χ0) is 37.5. The van der Waals surface area contributed by atoms with E-state index in [-0.39, 0.29) is 0 Å². The monoisotopic (exact) mass is 722 g/mol. The lowest BCUT2D eigenvalue weighted by atomic mass is 9.86. The Kier molecular flexibility index (Phi) is 6.96. The lowest BCUT2D eigenvalue weighted by molar-refractivity contribution is 1.11. The predicted molar refractivity (Wildman–Crippen MR) is 242 cm³/mol. The minimum atomic E-state index is 0.940. The molecule has 12 rings (SSSR count). The normalized spacial score (nSPS) is 11.9. The van der Waals surface area contributed by atoms with Gasteiger partial charge in [-0.15, -0.1) is 0 Å². The van der Waals surface area contributed by atoms with Crippen molar-refractivity contribution >= 4 is 75.7 Å². The van der Waals surface area contributed by atoms with Crippen molar-refractivity contribution in [3.63, 3.8) is 0 Å². The van der Waals surface area contributed by atoms with Crippen LogP contribution < -0.4 is 0 Å². The van der Waals surface area contributed by atoms with Gasteiger partial charge in [-0.25, -0.2) is 4.98 Å². The second-order valence-corrected chi connectivity index (χ2v) is 15.0. The van der Waals surface area contributed by atoms with Crippen LogP contribution in [0, 0.1) is 0 Å². The Morgan fingerprint density at radius 1 is 0.316 bits per heavy atom. The Morgan fingerprint density at radius 3 is 1.56 bits per heavy atom. The first-order valence-electron chi connectivity index (χ1n) is 19.6. The topological polar surface area (TPSA) is 17.8 Å². The molecule has 0 atom stereocenters. The lowest BCUT2D eigenvalue weighted by Gasteiger charge is -2.17. The van der Waals surface area contributed by atoms with Gasteiger partial charge in [-0.05, 0) is 106 Å². The maximum absolute atomic E-state index is 5.13. The molecule has 0 amide bonds. The highest BCUT2D eigenvalue weighted by Crippen LogP contribution is 2.44. The van der Waals surface area contributed by atoms with E-state index in [9.17, 15) is 0 Å². The molecule has 11 aromatic carbocycles. The molecule has 0 saturated carbocycles. The molecule has 0 aliphatic rings. The third-order valence-corrected chi connectivity index (χ3v) is 12.0. The molecule has 1 aromatic heterocycles. The minimum Gasteiger partial charge on any atom is -0.292 e. The summed E-state index contributed by atoms with van der Waals surface area (Å²) in [6.07, 6.45) is 0. The van der Waals surface area contributed by atoms with Crippen molar-refractivity contribution < 1.29 is 0 Å². The van der Waals surface area contributed by atoms with Crippen LogP contribution >= 0.6 is 0 Å². The molecule has 0 bridgehead atoms. The molecule has 0 aliphatic heterocycles. The number of aromatic nitrogens is 2. The quantitative estimate of drug-likeness (QED) is 0.165. The maximum Gasteiger partial charge on any atom is 0.145 e. The molecule has 264 valence electrons. The summed E-state index contributed by atoms with van der Waals surface area (Å²) in [7, 11) is 0. The number of para-hydroxylation sites is 2. The minimum absolute atomic E-state index is 0.940. The van der Waals surface area contributed by atoms with Crippen molar-refractivity contribution in [1.82, 2.24) is 9.55 Å². The molecule has 0 radical (unpaired) electrons. The molecule has 0 unspecified atom stereocenters. The largest absolute Gasteiger partial charge is 0.292 e. The summed E-state index contributed by atoms with van der Waals surface area (Å²) in [5.74, 6) is 0.940. The van der Waals surface area contributed by atoms with E-state index in [1.54, 1.807) is 0 Å². The van der Waals surface area contributed by atoms with E-state index in [1.165, 1.54) is 86.9 Å². The second kappa shape index (κ2) is 12.5. The highest BCUT2D eigenvalue weighted by atomic mass is 15.1. The van der Waals surface area contributed by atoms with Crippen LogP contribution in [-0.4, -0.2) is 9.55 Å². The SMILES string of the molecule is c1ccc(-c2nc3ccccc3n2-c2ccc(-c3ccc(-c4cc5cccc6c7ccccc7c7ccccc7c7cccc4c7c56)cc3)c3ccccc23)cc1. The number of rotatable bonds is 4. The number of hydrogen-bond acceptors (Lipinski definition) is 1. The predicted octanol–water partition coefficient (Wildman–Crippen LogP) is 14.9. The number of benzene rings is 10. The maximum atomic E-state index is 5.13. The van der Waals surface area contributed by atoms with Crippen molar-refractivity contribution in [3.05, 3.63) is 206 Å². The number of fused-ring (bicyclic) bond motifs is 7. The highest BCUT2D eigenvalue weighted by molar-refractivity contribution is 6.34. The van der Waals surface area contributed by atoms with E-state index in [0.29, 0.717) is 0 Å². The zero-order valence-electron chi connectivity index (χ0n) is 31.0. The molecule has 0 fully saturated rings. The molecule has 0 saturated heterocycles. The van der Waals surface area contributed by atoms with Gasteiger partial charge < -0.3 is 0 Å². The van der Waals surface area contributed by atoms with Crippen LogP contribution in [0.1, 0.15) is 0 Å². The third-order valence-electron chi connectivity index (χ3n) is 12.0. The Balaban J connectivity index is 1.05. The molecular weight excluding hydrogens is 689 g/mol. The van der Waals surface area contributed by atoms with Gasteiger partial charge in [0, 0.05) is 10.9 Å². The molecule has 1 heterocycles. The van der Waals surface area contributed by atoms with E-state index < -0.39 is 0 Å². The smallest absolute Gasteiger partial charge is 0.145 e. The van der Waals surface area contributed by atoms with E-state index in [0.717, 1.165) is 28.1 Å². The molecule has 2 heteroatoms. The molecule has 0 aliphatic carbocycles. The second-order valence-electron chi connectivity index (χ2n) is 15.0. The van der Waals surface area contributed by atoms with Crippen LogP contribution in [0.4, 0.5) is 0 Å². The van der Waals surface area contributed by atoms with Crippen LogP contribution in [0.25, 0.3) is 115 Å². The molecule has 2 nitrogen and oxygen atoms in total. The van der Waals surface area contributed by atoms with Gasteiger partial charge in [0.05, 0.1) is 16.7 Å². The summed E-state index contributed by atoms with van der Waals surface area (Å²) in [5, 5.41) is 15.2. The summed E-state index contributed by atoms with van der Waals surface area (Å²) >= 11 is 0. The Bertz CT molecular complexity index is 3560. The van der Waals surface area contributed by atoms with Crippen LogP contribution in [0.15, 0.2) is 206 Å². The average molecular weight is 723 g/mol. The fraction of sp³-hybridized carbons (Fsp3) is 0. The van der Waals surface area contributed by atoms with Gasteiger partial charge >= 0.3 is 0 Å². The van der Waals surface area contributed by atoms with Crippen molar-refractivity contribution in [1.29, 1.82) is 0 Å². The first-order valence-corrected chi connectivity index (χ1v) is 19.6. The fourth-order valence-corrected chi connectivity index (χ4v) is 9.45. The van der Waals surface area contributed by atoms with Gasteiger partial charge in [-0.2, -0.15) is 0 Å². The van der Waals surface area contributed by atoms with Crippen molar-refractivity contribution in [3.8, 4) is 39.3 Å². The summed E-state index contributed by atoms with van der Waals surface area (Å²) in [5.41, 5.74) is 9.13. The first kappa shape index (κ1) is 31.8. The van der Waals surface area contributed by atoms with Gasteiger partial charge in [-0.3, -0.25) is 4.57 Å². The van der Waals surface area contributed by atoms with Crippen molar-refractivity contribution in [2.24, 2.45) is 0 Å². The standard InChI is InChI=1S/C55H34N2/c1-2-14-37(15-3-1)55-56-50-26-10-11-27-52(50)57(55)51-33-32-39(40-17-8-9-22-45(40)51)35-28-30-36(31-29-35)49-34-38-16-12-23-46-43-20-6-4-18-41(43)42-19-5-7-21-44(42)47-24-13-25-48(49)54(47)53(38)46/h1-34H. The Morgan fingerprint density at radius 2 is 0.842 bits per heavy atom. The van der Waals surface area contributed by atoms with E-state index in [1.807, 2.05) is 0 Å². The zero-order valence-corrected chi connectivity index (χ0v) is 31.0. The van der Waals surface area contributed by atoms with Crippen molar-refractivity contribution in [2.45, 2.75) is 0 Å². The van der Waals surface area contributed by atoms with Gasteiger partial charge in [0.1, 0.15) is 5.82 Å². The molecular formula is C55H34N2. The summed E-state index contributed by atoms with van der Waals surface area (Å²) in [6, 6.07) is 75.3. The van der Waals surface area contributed by atoms with Crippen LogP contribution in [0.2, 0.25) is 0 Å².